The third-order valence-electron chi connectivity index (χ3n) is 5.06. The van der Waals surface area contributed by atoms with Crippen LogP contribution in [0.5, 0.6) is 0 Å². The van der Waals surface area contributed by atoms with Crippen molar-refractivity contribution in [1.82, 2.24) is 5.06 Å². The molecule has 0 unspecified atom stereocenters. The molecule has 1 amide bonds. The Hall–Kier alpha value is -0.473. The zero-order valence-electron chi connectivity index (χ0n) is 16.0. The molecule has 1 heterocycles. The molecule has 1 saturated heterocycles. The Balaban J connectivity index is 3.11. The number of hydrogen-bond donors (Lipinski definition) is 0. The summed E-state index contributed by atoms with van der Waals surface area (Å²) in [5.74, 6) is -0.0863. The van der Waals surface area contributed by atoms with E-state index in [1.54, 1.807) is 14.2 Å². The number of amides is 1. The van der Waals surface area contributed by atoms with Crippen molar-refractivity contribution in [3.63, 3.8) is 0 Å². The number of carbonyl (C=O) groups excluding carboxylic acids is 1. The second-order valence-corrected chi connectivity index (χ2v) is 12.5. The lowest BCUT2D eigenvalue weighted by Gasteiger charge is -2.46. The first-order chi connectivity index (χ1) is 10.5. The summed E-state index contributed by atoms with van der Waals surface area (Å²) >= 11 is 0. The molecular weight excluding hydrogens is 314 g/mol. The summed E-state index contributed by atoms with van der Waals surface area (Å²) in [4.78, 5) is 17.6. The van der Waals surface area contributed by atoms with Crippen molar-refractivity contribution in [3.8, 4) is 0 Å². The molecule has 0 saturated carbocycles. The molecule has 0 aromatic carbocycles. The van der Waals surface area contributed by atoms with Gasteiger partial charge in [-0.3, -0.25) is 9.63 Å². The second kappa shape index (κ2) is 7.61. The minimum absolute atomic E-state index is 0.0345. The van der Waals surface area contributed by atoms with Gasteiger partial charge < -0.3 is 13.9 Å². The Labute approximate surface area is 141 Å². The second-order valence-electron chi connectivity index (χ2n) is 7.79. The molecule has 0 aliphatic carbocycles. The number of nitrogens with zero attached hydrogens (tertiary/aromatic N) is 1. The van der Waals surface area contributed by atoms with Crippen molar-refractivity contribution in [2.75, 3.05) is 27.9 Å². The van der Waals surface area contributed by atoms with E-state index >= 15 is 0 Å². The van der Waals surface area contributed by atoms with Gasteiger partial charge in [0.1, 0.15) is 6.10 Å². The van der Waals surface area contributed by atoms with E-state index in [1.807, 2.05) is 0 Å². The van der Waals surface area contributed by atoms with Crippen molar-refractivity contribution in [2.45, 2.75) is 64.1 Å². The smallest absolute Gasteiger partial charge is 0.277 e. The fraction of sp³-hybridized carbons (Fsp3) is 0.938. The first-order valence-electron chi connectivity index (χ1n) is 8.10. The van der Waals surface area contributed by atoms with Crippen LogP contribution in [0.25, 0.3) is 0 Å². The van der Waals surface area contributed by atoms with E-state index in [4.69, 9.17) is 18.7 Å². The Morgan fingerprint density at radius 1 is 1.22 bits per heavy atom. The lowest BCUT2D eigenvalue weighted by atomic mass is 9.93. The van der Waals surface area contributed by atoms with Gasteiger partial charge in [-0.25, -0.2) is 5.06 Å². The largest absolute Gasteiger partial charge is 0.408 e. The van der Waals surface area contributed by atoms with E-state index in [-0.39, 0.29) is 23.0 Å². The Morgan fingerprint density at radius 2 is 1.78 bits per heavy atom. The first kappa shape index (κ1) is 20.6. The van der Waals surface area contributed by atoms with Gasteiger partial charge in [-0.05, 0) is 18.1 Å². The lowest BCUT2D eigenvalue weighted by Crippen LogP contribution is -2.60. The molecule has 0 bridgehead atoms. The highest BCUT2D eigenvalue weighted by Crippen LogP contribution is 2.40. The number of ether oxygens (including phenoxy) is 2. The van der Waals surface area contributed by atoms with Crippen LogP contribution in [0.3, 0.4) is 0 Å². The van der Waals surface area contributed by atoms with Gasteiger partial charge in [0.25, 0.3) is 5.91 Å². The Morgan fingerprint density at radius 3 is 2.22 bits per heavy atom. The molecule has 0 aromatic heterocycles. The van der Waals surface area contributed by atoms with Gasteiger partial charge in [-0.1, -0.05) is 27.7 Å². The number of hydroxylamine groups is 2. The van der Waals surface area contributed by atoms with E-state index in [0.29, 0.717) is 6.61 Å². The third kappa shape index (κ3) is 4.54. The van der Waals surface area contributed by atoms with Crippen molar-refractivity contribution in [2.24, 2.45) is 5.92 Å². The third-order valence-corrected chi connectivity index (χ3v) is 9.53. The van der Waals surface area contributed by atoms with Gasteiger partial charge in [0.05, 0.1) is 19.8 Å². The fourth-order valence-electron chi connectivity index (χ4n) is 2.43. The normalized spacial score (nSPS) is 29.4. The molecule has 23 heavy (non-hydrogen) atoms. The highest BCUT2D eigenvalue weighted by atomic mass is 28.4. The molecular formula is C16H33NO5Si. The van der Waals surface area contributed by atoms with Crippen LogP contribution in [0, 0.1) is 5.92 Å². The molecule has 6 nitrogen and oxygen atoms in total. The molecule has 1 aliphatic rings. The number of carbonyl (C=O) groups is 1. The van der Waals surface area contributed by atoms with Crippen LogP contribution in [0.2, 0.25) is 18.1 Å². The maximum Gasteiger partial charge on any atom is 0.277 e. The van der Waals surface area contributed by atoms with Crippen LogP contribution in [-0.2, 0) is 23.5 Å². The summed E-state index contributed by atoms with van der Waals surface area (Å²) in [6.07, 6.45) is -1.33. The van der Waals surface area contributed by atoms with Gasteiger partial charge in [-0.2, -0.15) is 0 Å². The lowest BCUT2D eigenvalue weighted by molar-refractivity contribution is -0.208. The van der Waals surface area contributed by atoms with E-state index < -0.39 is 20.5 Å². The van der Waals surface area contributed by atoms with Gasteiger partial charge in [0.15, 0.2) is 14.4 Å². The summed E-state index contributed by atoms with van der Waals surface area (Å²) in [7, 11) is 2.62. The average Bonchev–Trinajstić information content (AvgIpc) is 2.44. The predicted octanol–water partition coefficient (Wildman–Crippen LogP) is 2.45. The Kier molecular flexibility index (Phi) is 6.81. The van der Waals surface area contributed by atoms with Crippen molar-refractivity contribution in [3.05, 3.63) is 0 Å². The Bertz CT molecular complexity index is 410. The molecule has 136 valence electrons. The summed E-state index contributed by atoms with van der Waals surface area (Å²) in [5, 5.41) is 1.22. The fourth-order valence-corrected chi connectivity index (χ4v) is 3.73. The van der Waals surface area contributed by atoms with E-state index in [2.05, 4.69) is 40.8 Å². The minimum atomic E-state index is -2.08. The van der Waals surface area contributed by atoms with E-state index in [1.165, 1.54) is 12.2 Å². The maximum absolute atomic E-state index is 12.6. The predicted molar refractivity (Wildman–Crippen MR) is 91.6 cm³/mol. The van der Waals surface area contributed by atoms with E-state index in [0.717, 1.165) is 0 Å². The number of rotatable bonds is 5. The molecule has 1 rings (SSSR count). The molecule has 0 N–H and O–H groups in total. The maximum atomic E-state index is 12.6. The van der Waals surface area contributed by atoms with E-state index in [9.17, 15) is 4.79 Å². The summed E-state index contributed by atoms with van der Waals surface area (Å²) < 4.78 is 18.0. The van der Waals surface area contributed by atoms with Crippen LogP contribution in [-0.4, -0.2) is 65.5 Å². The van der Waals surface area contributed by atoms with Gasteiger partial charge in [0, 0.05) is 20.1 Å². The SMILES string of the molecule is CO[C@@H]1[C@@H](O[Si](C)(C)C(C)(C)C)[C@H](C(=O)N(C)OC)OC[C@@H]1C. The van der Waals surface area contributed by atoms with Crippen LogP contribution in [0.1, 0.15) is 27.7 Å². The molecule has 7 heteroatoms. The zero-order valence-corrected chi connectivity index (χ0v) is 17.0. The van der Waals surface area contributed by atoms with Crippen molar-refractivity contribution >= 4 is 14.2 Å². The van der Waals surface area contributed by atoms with Crippen LogP contribution in [0.4, 0.5) is 0 Å². The average molecular weight is 348 g/mol. The van der Waals surface area contributed by atoms with Crippen LogP contribution < -0.4 is 0 Å². The molecule has 1 fully saturated rings. The topological polar surface area (TPSA) is 57.2 Å². The van der Waals surface area contributed by atoms with Gasteiger partial charge in [0.2, 0.25) is 0 Å². The molecule has 1 aliphatic heterocycles. The first-order valence-corrected chi connectivity index (χ1v) is 11.0. The highest BCUT2D eigenvalue weighted by Gasteiger charge is 2.49. The van der Waals surface area contributed by atoms with Gasteiger partial charge in [-0.15, -0.1) is 0 Å². The number of methoxy groups -OCH3 is 1. The van der Waals surface area contributed by atoms with Crippen LogP contribution >= 0.6 is 0 Å². The number of likely N-dealkylation sites (N-methyl/N-ethyl adjacent to an activating group) is 1. The molecule has 0 radical (unpaired) electrons. The van der Waals surface area contributed by atoms with Crippen LogP contribution in [0.15, 0.2) is 0 Å². The quantitative estimate of drug-likeness (QED) is 0.565. The minimum Gasteiger partial charge on any atom is -0.408 e. The standard InChI is InChI=1S/C16H33NO5Si/c1-11-10-21-14(15(18)17(5)20-7)13(12(11)19-6)22-23(8,9)16(2,3)4/h11-14H,10H2,1-9H3/t11-,12-,13+,14+/m0/s1. The highest BCUT2D eigenvalue weighted by molar-refractivity contribution is 6.74. The summed E-state index contributed by atoms with van der Waals surface area (Å²) in [6, 6.07) is 0. The summed E-state index contributed by atoms with van der Waals surface area (Å²) in [6.45, 7) is 13.4. The monoisotopic (exact) mass is 347 g/mol. The molecule has 0 spiro atoms. The van der Waals surface area contributed by atoms with Crippen molar-refractivity contribution in [1.29, 1.82) is 0 Å². The molecule has 4 atom stereocenters. The van der Waals surface area contributed by atoms with Crippen molar-refractivity contribution < 1.29 is 23.5 Å². The molecule has 0 aromatic rings. The number of hydrogen-bond acceptors (Lipinski definition) is 5. The van der Waals surface area contributed by atoms with Gasteiger partial charge >= 0.3 is 0 Å². The summed E-state index contributed by atoms with van der Waals surface area (Å²) in [5.41, 5.74) is 0. The zero-order chi connectivity index (χ0) is 18.0.